The highest BCUT2D eigenvalue weighted by molar-refractivity contribution is 5.93. The van der Waals surface area contributed by atoms with E-state index in [4.69, 9.17) is 0 Å². The normalized spacial score (nSPS) is 11.5. The van der Waals surface area contributed by atoms with Crippen LogP contribution in [0.25, 0.3) is 23.3 Å². The molecule has 0 unspecified atom stereocenters. The zero-order valence-corrected chi connectivity index (χ0v) is 16.5. The Bertz CT molecular complexity index is 1230. The lowest BCUT2D eigenvalue weighted by Gasteiger charge is -2.09. The lowest BCUT2D eigenvalue weighted by atomic mass is 9.93. The summed E-state index contributed by atoms with van der Waals surface area (Å²) in [6.45, 7) is 0. The molecule has 0 spiro atoms. The first kappa shape index (κ1) is 18.0. The third-order valence-corrected chi connectivity index (χ3v) is 5.34. The van der Waals surface area contributed by atoms with E-state index in [9.17, 15) is 0 Å². The van der Waals surface area contributed by atoms with Gasteiger partial charge in [0.15, 0.2) is 0 Å². The molecule has 0 atom stereocenters. The maximum absolute atomic E-state index is 3.56. The monoisotopic (exact) mass is 380 g/mol. The number of fused-ring (bicyclic) bond motifs is 2. The predicted octanol–water partition coefficient (Wildman–Crippen LogP) is 7.49. The summed E-state index contributed by atoms with van der Waals surface area (Å²) in [5.74, 6) is 0. The maximum atomic E-state index is 3.56. The first-order valence-corrected chi connectivity index (χ1v) is 10.1. The Morgan fingerprint density at radius 3 is 1.40 bits per heavy atom. The molecule has 0 fully saturated rings. The molecule has 0 saturated carbocycles. The van der Waals surface area contributed by atoms with Crippen LogP contribution in [0.1, 0.15) is 33.4 Å². The van der Waals surface area contributed by atoms with Crippen LogP contribution in [0, 0.1) is 0 Å². The Morgan fingerprint density at radius 1 is 0.467 bits per heavy atom. The zero-order chi connectivity index (χ0) is 20.2. The smallest absolute Gasteiger partial charge is 0.0405 e. The summed E-state index contributed by atoms with van der Waals surface area (Å²) in [4.78, 5) is 0. The molecule has 0 nitrogen and oxygen atoms in total. The van der Waals surface area contributed by atoms with Gasteiger partial charge in [-0.15, -0.1) is 0 Å². The number of hydrogen-bond acceptors (Lipinski definition) is 0. The highest BCUT2D eigenvalue weighted by Crippen LogP contribution is 2.33. The molecule has 0 bridgehead atoms. The molecular formula is C30H20. The minimum absolute atomic E-state index is 1.04. The molecule has 0 N–H and O–H groups in total. The molecule has 1 aliphatic carbocycles. The van der Waals surface area contributed by atoms with Gasteiger partial charge in [0.05, 0.1) is 0 Å². The zero-order valence-electron chi connectivity index (χ0n) is 16.5. The third-order valence-electron chi connectivity index (χ3n) is 5.34. The van der Waals surface area contributed by atoms with E-state index in [2.05, 4.69) is 121 Å². The second-order valence-corrected chi connectivity index (χ2v) is 7.24. The van der Waals surface area contributed by atoms with Crippen LogP contribution < -0.4 is 0 Å². The van der Waals surface area contributed by atoms with Gasteiger partial charge in [-0.3, -0.25) is 0 Å². The Hall–Kier alpha value is -4.08. The second-order valence-electron chi connectivity index (χ2n) is 7.24. The summed E-state index contributed by atoms with van der Waals surface area (Å²) < 4.78 is 0. The molecule has 0 amide bonds. The first-order valence-electron chi connectivity index (χ1n) is 10.1. The van der Waals surface area contributed by atoms with Crippen LogP contribution in [-0.2, 0) is 0 Å². The van der Waals surface area contributed by atoms with Gasteiger partial charge in [-0.2, -0.15) is 0 Å². The Balaban J connectivity index is 1.86. The van der Waals surface area contributed by atoms with Crippen LogP contribution >= 0.6 is 0 Å². The van der Waals surface area contributed by atoms with E-state index in [1.54, 1.807) is 0 Å². The number of rotatable bonds is 2. The highest BCUT2D eigenvalue weighted by Gasteiger charge is 2.14. The van der Waals surface area contributed by atoms with Crippen LogP contribution in [0.5, 0.6) is 0 Å². The van der Waals surface area contributed by atoms with Crippen LogP contribution in [0.2, 0.25) is 0 Å². The topological polar surface area (TPSA) is 0 Å². The molecule has 4 aromatic rings. The molecule has 0 radical (unpaired) electrons. The van der Waals surface area contributed by atoms with Crippen molar-refractivity contribution in [2.75, 3.05) is 0 Å². The minimum Gasteiger partial charge on any atom is -0.0622 e. The van der Waals surface area contributed by atoms with Crippen LogP contribution in [-0.4, -0.2) is 0 Å². The van der Waals surface area contributed by atoms with Crippen molar-refractivity contribution in [3.05, 3.63) is 154 Å². The molecule has 0 aliphatic heterocycles. The summed E-state index contributed by atoms with van der Waals surface area (Å²) in [6.07, 6.45) is 4.36. The van der Waals surface area contributed by atoms with Crippen molar-refractivity contribution in [3.63, 3.8) is 0 Å². The summed E-state index contributed by atoms with van der Waals surface area (Å²) in [5.41, 5.74) is 16.2. The molecule has 30 heavy (non-hydrogen) atoms. The summed E-state index contributed by atoms with van der Waals surface area (Å²) in [6, 6.07) is 37.8. The van der Waals surface area contributed by atoms with Gasteiger partial charge in [-0.1, -0.05) is 133 Å². The lowest BCUT2D eigenvalue weighted by Crippen LogP contribution is -1.90. The van der Waals surface area contributed by atoms with Gasteiger partial charge in [0.25, 0.3) is 0 Å². The first-order chi connectivity index (χ1) is 14.9. The average Bonchev–Trinajstić information content (AvgIpc) is 2.98. The van der Waals surface area contributed by atoms with Crippen molar-refractivity contribution in [2.24, 2.45) is 0 Å². The van der Waals surface area contributed by atoms with Gasteiger partial charge in [0, 0.05) is 11.1 Å². The molecule has 0 heteroatoms. The average molecular weight is 380 g/mol. The van der Waals surface area contributed by atoms with Crippen LogP contribution in [0.3, 0.4) is 0 Å². The Kier molecular flexibility index (Phi) is 4.86. The van der Waals surface area contributed by atoms with Crippen molar-refractivity contribution in [1.29, 1.82) is 0 Å². The van der Waals surface area contributed by atoms with Gasteiger partial charge in [0.2, 0.25) is 0 Å². The van der Waals surface area contributed by atoms with Crippen molar-refractivity contribution >= 4 is 23.3 Å². The van der Waals surface area contributed by atoms with E-state index >= 15 is 0 Å². The molecular weight excluding hydrogens is 360 g/mol. The molecule has 0 saturated heterocycles. The van der Waals surface area contributed by atoms with E-state index < -0.39 is 0 Å². The minimum atomic E-state index is 1.04. The second kappa shape index (κ2) is 8.11. The van der Waals surface area contributed by atoms with E-state index in [0.29, 0.717) is 0 Å². The summed E-state index contributed by atoms with van der Waals surface area (Å²) >= 11 is 0. The van der Waals surface area contributed by atoms with Gasteiger partial charge in [-0.05, 0) is 33.4 Å². The van der Waals surface area contributed by atoms with E-state index in [-0.39, 0.29) is 0 Å². The molecule has 1 aliphatic rings. The van der Waals surface area contributed by atoms with Crippen molar-refractivity contribution in [1.82, 2.24) is 0 Å². The fourth-order valence-corrected chi connectivity index (χ4v) is 3.84. The summed E-state index contributed by atoms with van der Waals surface area (Å²) in [7, 11) is 0. The standard InChI is InChI=1S/C30H20/c1-3-11-23(12-4-1)27(24-13-5-2-6-14-24)21-22-30-28-17-9-7-15-25(28)19-20-26-16-8-10-18-29(26)30/h1-20H. The quantitative estimate of drug-likeness (QED) is 0.278. The molecule has 4 aromatic carbocycles. The van der Waals surface area contributed by atoms with Gasteiger partial charge < -0.3 is 0 Å². The molecule has 140 valence electrons. The van der Waals surface area contributed by atoms with Crippen LogP contribution in [0.15, 0.2) is 121 Å². The number of benzene rings is 4. The van der Waals surface area contributed by atoms with Crippen LogP contribution in [0.4, 0.5) is 0 Å². The SMILES string of the molecule is C(=C=C1c2ccccc2C=Cc2ccccc21)=C(c1ccccc1)c1ccccc1. The largest absolute Gasteiger partial charge is 0.0622 e. The molecule has 0 aromatic heterocycles. The predicted molar refractivity (Wildman–Crippen MR) is 127 cm³/mol. The third kappa shape index (κ3) is 3.50. The van der Waals surface area contributed by atoms with Gasteiger partial charge in [-0.25, -0.2) is 0 Å². The lowest BCUT2D eigenvalue weighted by molar-refractivity contribution is 1.53. The maximum Gasteiger partial charge on any atom is 0.0405 e. The van der Waals surface area contributed by atoms with Gasteiger partial charge in [0.1, 0.15) is 0 Å². The van der Waals surface area contributed by atoms with Crippen molar-refractivity contribution in [2.45, 2.75) is 0 Å². The van der Waals surface area contributed by atoms with Gasteiger partial charge >= 0.3 is 0 Å². The summed E-state index contributed by atoms with van der Waals surface area (Å²) in [5, 5.41) is 0. The van der Waals surface area contributed by atoms with E-state index in [0.717, 1.165) is 22.3 Å². The Morgan fingerprint density at radius 2 is 0.900 bits per heavy atom. The Labute approximate surface area is 177 Å². The van der Waals surface area contributed by atoms with Crippen molar-refractivity contribution in [3.8, 4) is 0 Å². The van der Waals surface area contributed by atoms with E-state index in [1.807, 2.05) is 12.1 Å². The number of hydrogen-bond donors (Lipinski definition) is 0. The highest BCUT2D eigenvalue weighted by atomic mass is 14.2. The fourth-order valence-electron chi connectivity index (χ4n) is 3.84. The molecule has 0 heterocycles. The fraction of sp³-hybridized carbons (Fsp3) is 0. The molecule has 5 rings (SSSR count). The van der Waals surface area contributed by atoms with E-state index in [1.165, 1.54) is 22.3 Å². The van der Waals surface area contributed by atoms with Crippen molar-refractivity contribution < 1.29 is 0 Å².